The molecule has 2 aromatic carbocycles. The van der Waals surface area contributed by atoms with Gasteiger partial charge in [0.25, 0.3) is 0 Å². The Morgan fingerprint density at radius 1 is 0.958 bits per heavy atom. The lowest BCUT2D eigenvalue weighted by Crippen LogP contribution is -2.21. The molecule has 0 bridgehead atoms. The number of halogens is 1. The number of pyridine rings is 1. The predicted octanol–water partition coefficient (Wildman–Crippen LogP) is 3.87. The van der Waals surface area contributed by atoms with Crippen LogP contribution in [-0.2, 0) is 6.42 Å². The third-order valence-electron chi connectivity index (χ3n) is 3.37. The second kappa shape index (κ2) is 7.37. The summed E-state index contributed by atoms with van der Waals surface area (Å²) in [6.45, 7) is 0. The average molecular weight is 320 g/mol. The molecule has 3 rings (SSSR count). The second-order valence-corrected chi connectivity index (χ2v) is 5.28. The molecule has 0 amide bonds. The quantitative estimate of drug-likeness (QED) is 0.566. The van der Waals surface area contributed by atoms with Crippen molar-refractivity contribution in [3.63, 3.8) is 0 Å². The highest BCUT2D eigenvalue weighted by Gasteiger charge is 2.01. The Labute approximate surface area is 139 Å². The van der Waals surface area contributed by atoms with Crippen molar-refractivity contribution in [2.45, 2.75) is 6.42 Å². The van der Waals surface area contributed by atoms with E-state index in [1.807, 2.05) is 42.5 Å². The highest BCUT2D eigenvalue weighted by molar-refractivity contribution is 5.93. The maximum Gasteiger partial charge on any atom is 0.199 e. The molecule has 1 heterocycles. The Kier molecular flexibility index (Phi) is 4.81. The van der Waals surface area contributed by atoms with Gasteiger partial charge in [0.1, 0.15) is 5.82 Å². The number of hydrogen-bond acceptors (Lipinski definition) is 2. The summed E-state index contributed by atoms with van der Waals surface area (Å²) < 4.78 is 13.0. The van der Waals surface area contributed by atoms with E-state index in [1.54, 1.807) is 18.2 Å². The fraction of sp³-hybridized carbons (Fsp3) is 0.0526. The molecule has 0 fully saturated rings. The molecule has 0 saturated carbocycles. The number of aliphatic imine (C=N–C) groups is 1. The van der Waals surface area contributed by atoms with Gasteiger partial charge < -0.3 is 11.1 Å². The van der Waals surface area contributed by atoms with Crippen molar-refractivity contribution in [3.05, 3.63) is 89.9 Å². The Morgan fingerprint density at radius 3 is 2.46 bits per heavy atom. The molecule has 0 aliphatic carbocycles. The zero-order chi connectivity index (χ0) is 16.8. The minimum absolute atomic E-state index is 0.246. The van der Waals surface area contributed by atoms with E-state index in [2.05, 4.69) is 15.3 Å². The Balaban J connectivity index is 1.72. The Hall–Kier alpha value is -3.21. The van der Waals surface area contributed by atoms with Crippen LogP contribution in [0.1, 0.15) is 11.3 Å². The van der Waals surface area contributed by atoms with Crippen molar-refractivity contribution < 1.29 is 4.39 Å². The lowest BCUT2D eigenvalue weighted by Gasteiger charge is -2.06. The number of anilines is 1. The van der Waals surface area contributed by atoms with Crippen LogP contribution in [-0.4, -0.2) is 10.9 Å². The number of benzene rings is 2. The predicted molar refractivity (Wildman–Crippen MR) is 94.8 cm³/mol. The smallest absolute Gasteiger partial charge is 0.199 e. The van der Waals surface area contributed by atoms with Gasteiger partial charge in [0.05, 0.1) is 0 Å². The van der Waals surface area contributed by atoms with E-state index in [0.717, 1.165) is 16.9 Å². The summed E-state index contributed by atoms with van der Waals surface area (Å²) in [5.74, 6) is 0.549. The third kappa shape index (κ3) is 4.39. The minimum atomic E-state index is -0.246. The SMILES string of the molecule is N/C(=N\c1cccc(Cc2ccc(F)cc2)n1)Nc1ccccc1. The molecule has 1 aromatic heterocycles. The molecule has 120 valence electrons. The van der Waals surface area contributed by atoms with Crippen LogP contribution in [0.15, 0.2) is 77.8 Å². The second-order valence-electron chi connectivity index (χ2n) is 5.28. The van der Waals surface area contributed by atoms with Gasteiger partial charge in [-0.25, -0.2) is 9.37 Å². The van der Waals surface area contributed by atoms with E-state index in [0.29, 0.717) is 12.2 Å². The number of nitrogens with two attached hydrogens (primary N) is 1. The van der Waals surface area contributed by atoms with Gasteiger partial charge >= 0.3 is 0 Å². The molecule has 3 N–H and O–H groups in total. The number of rotatable bonds is 4. The van der Waals surface area contributed by atoms with Crippen LogP contribution in [0.5, 0.6) is 0 Å². The summed E-state index contributed by atoms with van der Waals surface area (Å²) in [6.07, 6.45) is 0.607. The average Bonchev–Trinajstić information content (AvgIpc) is 2.58. The molecule has 4 nitrogen and oxygen atoms in total. The molecule has 0 spiro atoms. The molecule has 5 heteroatoms. The van der Waals surface area contributed by atoms with Gasteiger partial charge in [0, 0.05) is 17.8 Å². The highest BCUT2D eigenvalue weighted by Crippen LogP contribution is 2.14. The first-order valence-corrected chi connectivity index (χ1v) is 7.56. The molecule has 0 saturated heterocycles. The molecule has 0 unspecified atom stereocenters. The van der Waals surface area contributed by atoms with Crippen LogP contribution in [0.2, 0.25) is 0 Å². The van der Waals surface area contributed by atoms with E-state index in [9.17, 15) is 4.39 Å². The highest BCUT2D eigenvalue weighted by atomic mass is 19.1. The van der Waals surface area contributed by atoms with Crippen LogP contribution in [0, 0.1) is 5.82 Å². The molecular formula is C19H17FN4. The monoisotopic (exact) mass is 320 g/mol. The molecule has 0 atom stereocenters. The summed E-state index contributed by atoms with van der Waals surface area (Å²) >= 11 is 0. The van der Waals surface area contributed by atoms with E-state index in [4.69, 9.17) is 5.73 Å². The van der Waals surface area contributed by atoms with E-state index >= 15 is 0 Å². The van der Waals surface area contributed by atoms with E-state index in [-0.39, 0.29) is 11.8 Å². The normalized spacial score (nSPS) is 11.3. The molecule has 0 aliphatic heterocycles. The number of guanidine groups is 1. The molecular weight excluding hydrogens is 303 g/mol. The molecule has 3 aromatic rings. The lowest BCUT2D eigenvalue weighted by atomic mass is 10.1. The van der Waals surface area contributed by atoms with E-state index < -0.39 is 0 Å². The minimum Gasteiger partial charge on any atom is -0.369 e. The van der Waals surface area contributed by atoms with Gasteiger partial charge in [-0.15, -0.1) is 0 Å². The summed E-state index contributed by atoms with van der Waals surface area (Å²) in [7, 11) is 0. The zero-order valence-corrected chi connectivity index (χ0v) is 13.0. The number of aromatic nitrogens is 1. The number of nitrogens with zero attached hydrogens (tertiary/aromatic N) is 2. The Bertz CT molecular complexity index is 830. The maximum absolute atomic E-state index is 13.0. The van der Waals surface area contributed by atoms with Crippen LogP contribution < -0.4 is 11.1 Å². The van der Waals surface area contributed by atoms with Crippen LogP contribution in [0.3, 0.4) is 0 Å². The summed E-state index contributed by atoms with van der Waals surface area (Å²) in [5.41, 5.74) is 8.61. The number of para-hydroxylation sites is 1. The summed E-state index contributed by atoms with van der Waals surface area (Å²) in [5, 5.41) is 3.01. The van der Waals surface area contributed by atoms with Crippen molar-refractivity contribution in [1.82, 2.24) is 4.98 Å². The van der Waals surface area contributed by atoms with Crippen LogP contribution in [0.25, 0.3) is 0 Å². The van der Waals surface area contributed by atoms with Crippen molar-refractivity contribution in [2.75, 3.05) is 5.32 Å². The topological polar surface area (TPSA) is 63.3 Å². The van der Waals surface area contributed by atoms with Crippen molar-refractivity contribution in [2.24, 2.45) is 10.7 Å². The van der Waals surface area contributed by atoms with Crippen LogP contribution in [0.4, 0.5) is 15.9 Å². The van der Waals surface area contributed by atoms with Crippen molar-refractivity contribution >= 4 is 17.5 Å². The maximum atomic E-state index is 13.0. The van der Waals surface area contributed by atoms with Gasteiger partial charge in [-0.05, 0) is 42.0 Å². The largest absolute Gasteiger partial charge is 0.369 e. The molecule has 24 heavy (non-hydrogen) atoms. The first-order valence-electron chi connectivity index (χ1n) is 7.56. The van der Waals surface area contributed by atoms with Crippen LogP contribution >= 0.6 is 0 Å². The standard InChI is InChI=1S/C19H17FN4/c20-15-11-9-14(10-12-15)13-17-7-4-8-18(22-17)24-19(21)23-16-5-2-1-3-6-16/h1-12H,13H2,(H3,21,22,23,24). The first kappa shape index (κ1) is 15.7. The third-order valence-corrected chi connectivity index (χ3v) is 3.37. The van der Waals surface area contributed by atoms with Crippen molar-refractivity contribution in [3.8, 4) is 0 Å². The zero-order valence-electron chi connectivity index (χ0n) is 13.0. The summed E-state index contributed by atoms with van der Waals surface area (Å²) in [4.78, 5) is 8.75. The number of nitrogens with one attached hydrogen (secondary N) is 1. The summed E-state index contributed by atoms with van der Waals surface area (Å²) in [6, 6.07) is 21.5. The molecule has 0 radical (unpaired) electrons. The lowest BCUT2D eigenvalue weighted by molar-refractivity contribution is 0.627. The van der Waals surface area contributed by atoms with Gasteiger partial charge in [0.2, 0.25) is 0 Å². The van der Waals surface area contributed by atoms with Gasteiger partial charge in [-0.2, -0.15) is 4.99 Å². The van der Waals surface area contributed by atoms with Crippen molar-refractivity contribution in [1.29, 1.82) is 0 Å². The fourth-order valence-corrected chi connectivity index (χ4v) is 2.26. The first-order chi connectivity index (χ1) is 11.7. The molecule has 0 aliphatic rings. The van der Waals surface area contributed by atoms with Gasteiger partial charge in [-0.3, -0.25) is 0 Å². The number of hydrogen-bond donors (Lipinski definition) is 2. The fourth-order valence-electron chi connectivity index (χ4n) is 2.26. The van der Waals surface area contributed by atoms with Gasteiger partial charge in [0.15, 0.2) is 11.8 Å². The van der Waals surface area contributed by atoms with E-state index in [1.165, 1.54) is 12.1 Å². The van der Waals surface area contributed by atoms with Gasteiger partial charge in [-0.1, -0.05) is 36.4 Å². The Morgan fingerprint density at radius 2 is 1.71 bits per heavy atom.